The van der Waals surface area contributed by atoms with Gasteiger partial charge in [-0.15, -0.1) is 0 Å². The Bertz CT molecular complexity index is 591. The van der Waals surface area contributed by atoms with E-state index in [-0.39, 0.29) is 5.56 Å². The highest BCUT2D eigenvalue weighted by molar-refractivity contribution is 5.85. The van der Waals surface area contributed by atoms with Gasteiger partial charge < -0.3 is 16.0 Å². The van der Waals surface area contributed by atoms with E-state index in [1.807, 2.05) is 0 Å². The van der Waals surface area contributed by atoms with Crippen LogP contribution < -0.4 is 27.4 Å². The Kier molecular flexibility index (Phi) is 2.41. The van der Waals surface area contributed by atoms with E-state index in [0.29, 0.717) is 17.0 Å². The van der Waals surface area contributed by atoms with Gasteiger partial charge >= 0.3 is 0 Å². The van der Waals surface area contributed by atoms with E-state index in [0.717, 1.165) is 10.1 Å². The number of hydrazine groups is 1. The molecular weight excluding hydrogens is 208 g/mol. The number of nitrogen functional groups attached to an aromatic ring is 2. The van der Waals surface area contributed by atoms with E-state index in [1.165, 1.54) is 7.11 Å². The van der Waals surface area contributed by atoms with Gasteiger partial charge in [-0.25, -0.2) is 10.5 Å². The highest BCUT2D eigenvalue weighted by Gasteiger charge is 2.06. The number of methoxy groups -OCH3 is 1. The van der Waals surface area contributed by atoms with E-state index in [2.05, 4.69) is 5.43 Å². The Labute approximate surface area is 91.4 Å². The van der Waals surface area contributed by atoms with Crippen LogP contribution in [0, 0.1) is 0 Å². The van der Waals surface area contributed by atoms with Crippen molar-refractivity contribution in [2.45, 2.75) is 0 Å². The molecule has 0 amide bonds. The van der Waals surface area contributed by atoms with Gasteiger partial charge in [0.05, 0.1) is 12.5 Å². The molecule has 0 bridgehead atoms. The predicted molar refractivity (Wildman–Crippen MR) is 62.7 cm³/mol. The van der Waals surface area contributed by atoms with Crippen molar-refractivity contribution in [3.8, 4) is 5.75 Å². The maximum Gasteiger partial charge on any atom is 0.278 e. The van der Waals surface area contributed by atoms with Crippen LogP contribution in [-0.4, -0.2) is 11.8 Å². The van der Waals surface area contributed by atoms with Crippen molar-refractivity contribution in [1.82, 2.24) is 4.68 Å². The zero-order chi connectivity index (χ0) is 11.7. The van der Waals surface area contributed by atoms with E-state index >= 15 is 0 Å². The van der Waals surface area contributed by atoms with Crippen molar-refractivity contribution >= 4 is 16.6 Å². The van der Waals surface area contributed by atoms with Gasteiger partial charge in [-0.3, -0.25) is 4.79 Å². The number of ether oxygens (including phenoxy) is 1. The van der Waals surface area contributed by atoms with Gasteiger partial charge in [0, 0.05) is 0 Å². The van der Waals surface area contributed by atoms with Crippen molar-refractivity contribution in [3.05, 3.63) is 34.6 Å². The number of anilines is 1. The van der Waals surface area contributed by atoms with Gasteiger partial charge in [0.2, 0.25) is 0 Å². The summed E-state index contributed by atoms with van der Waals surface area (Å²) in [5, 5.41) is 1.24. The number of nitrogens with two attached hydrogens (primary N) is 2. The van der Waals surface area contributed by atoms with Crippen LogP contribution in [0.25, 0.3) is 10.8 Å². The molecule has 0 unspecified atom stereocenters. The summed E-state index contributed by atoms with van der Waals surface area (Å²) in [4.78, 5) is 11.9. The first kappa shape index (κ1) is 10.3. The molecule has 1 aromatic heterocycles. The number of pyridine rings is 1. The lowest BCUT2D eigenvalue weighted by Crippen LogP contribution is -2.31. The van der Waals surface area contributed by atoms with Gasteiger partial charge in [0.1, 0.15) is 11.6 Å². The predicted octanol–water partition coefficient (Wildman–Crippen LogP) is 0.00950. The highest BCUT2D eigenvalue weighted by Crippen LogP contribution is 2.19. The van der Waals surface area contributed by atoms with E-state index in [9.17, 15) is 4.79 Å². The molecule has 0 radical (unpaired) electrons. The molecule has 0 aliphatic heterocycles. The molecule has 0 fully saturated rings. The molecule has 5 N–H and O–H groups in total. The van der Waals surface area contributed by atoms with Crippen LogP contribution in [0.2, 0.25) is 0 Å². The fraction of sp³-hybridized carbons (Fsp3) is 0.100. The molecule has 0 atom stereocenters. The highest BCUT2D eigenvalue weighted by atomic mass is 16.5. The van der Waals surface area contributed by atoms with Crippen LogP contribution in [0.3, 0.4) is 0 Å². The molecular formula is C10H12N4O2. The summed E-state index contributed by atoms with van der Waals surface area (Å²) in [5.41, 5.74) is 2.03. The number of aromatic nitrogens is 1. The largest absolute Gasteiger partial charge is 0.497 e. The first-order chi connectivity index (χ1) is 7.67. The summed E-state index contributed by atoms with van der Waals surface area (Å²) in [6.07, 6.45) is 0. The maximum absolute atomic E-state index is 11.9. The summed E-state index contributed by atoms with van der Waals surface area (Å²) >= 11 is 0. The molecule has 1 heterocycles. The van der Waals surface area contributed by atoms with Gasteiger partial charge in [-0.2, -0.15) is 0 Å². The second-order valence-electron chi connectivity index (χ2n) is 3.30. The average Bonchev–Trinajstić information content (AvgIpc) is 2.33. The lowest BCUT2D eigenvalue weighted by molar-refractivity contribution is 0.415. The number of rotatable bonds is 2. The minimum atomic E-state index is -0.329. The number of fused-ring (bicyclic) bond motifs is 1. The first-order valence-corrected chi connectivity index (χ1v) is 4.63. The number of benzene rings is 1. The standard InChI is InChI=1S/C10H12N4O2/c1-16-7-3-2-6-4-9(13-11)14(12)10(15)8(6)5-7/h2-5,13H,11-12H2,1H3. The van der Waals surface area contributed by atoms with Gasteiger partial charge in [0.25, 0.3) is 5.56 Å². The Morgan fingerprint density at radius 3 is 2.75 bits per heavy atom. The molecule has 84 valence electrons. The van der Waals surface area contributed by atoms with Crippen LogP contribution in [0.5, 0.6) is 5.75 Å². The van der Waals surface area contributed by atoms with Gasteiger partial charge in [0.15, 0.2) is 0 Å². The van der Waals surface area contributed by atoms with Gasteiger partial charge in [-0.1, -0.05) is 6.07 Å². The van der Waals surface area contributed by atoms with Crippen LogP contribution >= 0.6 is 0 Å². The quantitative estimate of drug-likeness (QED) is 0.489. The molecule has 2 rings (SSSR count). The summed E-state index contributed by atoms with van der Waals surface area (Å²) < 4.78 is 6.00. The fourth-order valence-corrected chi connectivity index (χ4v) is 1.54. The van der Waals surface area contributed by atoms with Crippen LogP contribution in [0.15, 0.2) is 29.1 Å². The minimum Gasteiger partial charge on any atom is -0.497 e. The number of hydrogen-bond acceptors (Lipinski definition) is 5. The number of nitrogens with one attached hydrogen (secondary N) is 1. The Balaban J connectivity index is 2.82. The average molecular weight is 220 g/mol. The normalized spacial score (nSPS) is 10.4. The molecule has 2 aromatic rings. The number of nitrogens with zero attached hydrogens (tertiary/aromatic N) is 1. The molecule has 0 saturated heterocycles. The van der Waals surface area contributed by atoms with E-state index in [4.69, 9.17) is 16.4 Å². The van der Waals surface area contributed by atoms with Crippen LogP contribution in [-0.2, 0) is 0 Å². The number of hydrogen-bond donors (Lipinski definition) is 3. The van der Waals surface area contributed by atoms with Crippen molar-refractivity contribution in [1.29, 1.82) is 0 Å². The zero-order valence-electron chi connectivity index (χ0n) is 8.73. The second-order valence-corrected chi connectivity index (χ2v) is 3.30. The molecule has 16 heavy (non-hydrogen) atoms. The van der Waals surface area contributed by atoms with Crippen LogP contribution in [0.4, 0.5) is 5.82 Å². The van der Waals surface area contributed by atoms with E-state index in [1.54, 1.807) is 24.3 Å². The van der Waals surface area contributed by atoms with Crippen LogP contribution in [0.1, 0.15) is 0 Å². The minimum absolute atomic E-state index is 0.329. The maximum atomic E-state index is 11.9. The Morgan fingerprint density at radius 1 is 1.38 bits per heavy atom. The lowest BCUT2D eigenvalue weighted by Gasteiger charge is -2.09. The SMILES string of the molecule is COc1ccc2cc(NN)n(N)c(=O)c2c1. The van der Waals surface area contributed by atoms with Crippen molar-refractivity contribution < 1.29 is 4.74 Å². The molecule has 0 aliphatic rings. The third-order valence-corrected chi connectivity index (χ3v) is 2.41. The monoisotopic (exact) mass is 220 g/mol. The van der Waals surface area contributed by atoms with Crippen molar-refractivity contribution in [2.75, 3.05) is 18.4 Å². The van der Waals surface area contributed by atoms with Crippen molar-refractivity contribution in [2.24, 2.45) is 5.84 Å². The topological polar surface area (TPSA) is 95.3 Å². The molecule has 0 aliphatic carbocycles. The smallest absolute Gasteiger partial charge is 0.278 e. The first-order valence-electron chi connectivity index (χ1n) is 4.63. The fourth-order valence-electron chi connectivity index (χ4n) is 1.54. The molecule has 6 heteroatoms. The van der Waals surface area contributed by atoms with E-state index < -0.39 is 0 Å². The summed E-state index contributed by atoms with van der Waals surface area (Å²) in [6.45, 7) is 0. The molecule has 6 nitrogen and oxygen atoms in total. The zero-order valence-corrected chi connectivity index (χ0v) is 8.73. The third kappa shape index (κ3) is 1.45. The Hall–Kier alpha value is -2.21. The van der Waals surface area contributed by atoms with Gasteiger partial charge in [-0.05, 0) is 23.6 Å². The van der Waals surface area contributed by atoms with Crippen molar-refractivity contribution in [3.63, 3.8) is 0 Å². The molecule has 0 saturated carbocycles. The lowest BCUT2D eigenvalue weighted by atomic mass is 10.1. The second kappa shape index (κ2) is 3.74. The summed E-state index contributed by atoms with van der Waals surface area (Å²) in [5.74, 6) is 11.8. The third-order valence-electron chi connectivity index (χ3n) is 2.41. The summed E-state index contributed by atoms with van der Waals surface area (Å²) in [6, 6.07) is 6.87. The summed E-state index contributed by atoms with van der Waals surface area (Å²) in [7, 11) is 1.54. The molecule has 0 spiro atoms. The Morgan fingerprint density at radius 2 is 2.12 bits per heavy atom. The molecule has 1 aromatic carbocycles.